The second kappa shape index (κ2) is 10.1. The van der Waals surface area contributed by atoms with E-state index in [1.165, 1.54) is 16.9 Å². The number of para-hydroxylation sites is 3. The van der Waals surface area contributed by atoms with Crippen LogP contribution in [0.3, 0.4) is 0 Å². The minimum atomic E-state index is -4.06. The molecule has 3 aromatic rings. The largest absolute Gasteiger partial charge is 0.481 e. The summed E-state index contributed by atoms with van der Waals surface area (Å²) in [6.45, 7) is 4.34. The first-order valence-electron chi connectivity index (χ1n) is 14.8. The fourth-order valence-electron chi connectivity index (χ4n) is 7.81. The quantitative estimate of drug-likeness (QED) is 0.294. The van der Waals surface area contributed by atoms with Crippen molar-refractivity contribution in [2.75, 3.05) is 17.2 Å². The summed E-state index contributed by atoms with van der Waals surface area (Å²) in [5.74, 6) is -0.0491. The molecule has 42 heavy (non-hydrogen) atoms. The molecule has 220 valence electrons. The number of ether oxygens (including phenoxy) is 1. The molecule has 0 spiro atoms. The maximum atomic E-state index is 11.5. The predicted octanol–water partition coefficient (Wildman–Crippen LogP) is 4.45. The maximum Gasteiger partial charge on any atom is 0.303 e. The Morgan fingerprint density at radius 3 is 2.69 bits per heavy atom. The van der Waals surface area contributed by atoms with Gasteiger partial charge in [0.1, 0.15) is 0 Å². The van der Waals surface area contributed by atoms with Crippen molar-refractivity contribution in [2.24, 2.45) is 0 Å². The van der Waals surface area contributed by atoms with Crippen LogP contribution in [0.2, 0.25) is 0 Å². The average molecular weight is 591 g/mol. The van der Waals surface area contributed by atoms with Crippen molar-refractivity contribution in [3.63, 3.8) is 0 Å². The van der Waals surface area contributed by atoms with E-state index < -0.39 is 16.1 Å². The number of aryl methyl sites for hydroxylation is 2. The summed E-state index contributed by atoms with van der Waals surface area (Å²) in [6, 6.07) is 16.7. The first-order chi connectivity index (χ1) is 20.2. The molecule has 2 aromatic carbocycles. The minimum absolute atomic E-state index is 0.0398. The van der Waals surface area contributed by atoms with Gasteiger partial charge in [0.25, 0.3) is 15.9 Å². The van der Waals surface area contributed by atoms with Crippen molar-refractivity contribution in [1.82, 2.24) is 4.57 Å². The van der Waals surface area contributed by atoms with Crippen LogP contribution in [0.15, 0.2) is 65.9 Å². The first-order valence-corrected chi connectivity index (χ1v) is 16.4. The molecule has 0 radical (unpaired) electrons. The van der Waals surface area contributed by atoms with Crippen LogP contribution in [0.5, 0.6) is 0 Å². The molecule has 1 aromatic heterocycles. The van der Waals surface area contributed by atoms with Gasteiger partial charge in [0.05, 0.1) is 36.6 Å². The summed E-state index contributed by atoms with van der Waals surface area (Å²) in [5.41, 5.74) is 7.66. The van der Waals surface area contributed by atoms with Crippen LogP contribution in [0.4, 0.5) is 5.69 Å². The maximum absolute atomic E-state index is 11.5. The number of fused-ring (bicyclic) bond motifs is 9. The predicted molar refractivity (Wildman–Crippen MR) is 159 cm³/mol. The van der Waals surface area contributed by atoms with E-state index in [2.05, 4.69) is 63.4 Å². The van der Waals surface area contributed by atoms with Crippen molar-refractivity contribution in [3.8, 4) is 0 Å². The normalized spacial score (nSPS) is 24.5. The Hall–Kier alpha value is -3.47. The van der Waals surface area contributed by atoms with E-state index in [-0.39, 0.29) is 29.8 Å². The van der Waals surface area contributed by atoms with Crippen LogP contribution in [0.1, 0.15) is 56.8 Å². The van der Waals surface area contributed by atoms with Gasteiger partial charge in [-0.2, -0.15) is 8.42 Å². The molecule has 0 amide bonds. The summed E-state index contributed by atoms with van der Waals surface area (Å²) in [5, 5.41) is 9.40. The summed E-state index contributed by atoms with van der Waals surface area (Å²) in [7, 11) is -4.06. The van der Waals surface area contributed by atoms with Gasteiger partial charge in [-0.3, -0.25) is 9.35 Å². The number of carboxylic acids is 1. The Kier molecular flexibility index (Phi) is 6.56. The molecule has 0 aliphatic carbocycles. The lowest BCUT2D eigenvalue weighted by Gasteiger charge is -2.42. The number of rotatable bonds is 8. The Bertz CT molecular complexity index is 1770. The number of nitrogens with zero attached hydrogens (tertiary/aromatic N) is 3. The number of imidazole rings is 1. The number of aromatic nitrogens is 2. The van der Waals surface area contributed by atoms with Gasteiger partial charge in [0.2, 0.25) is 0 Å². The number of allylic oxidation sites excluding steroid dienone is 1. The van der Waals surface area contributed by atoms with Crippen molar-refractivity contribution in [2.45, 2.75) is 76.2 Å². The van der Waals surface area contributed by atoms with E-state index in [9.17, 15) is 22.9 Å². The SMILES string of the molecule is CC1(CCCC(=O)O)C2=C3C=C4c5n(CCCS(=O)(=O)O)c6ccccc6[n+]5CCC4OC3CCN2c2ccccc21. The van der Waals surface area contributed by atoms with Crippen molar-refractivity contribution >= 4 is 38.4 Å². The standard InChI is InChI=1S/C32H35N3O6S/c1-32(15-6-12-29(36)37)23-8-2-3-9-24(23)33-17-13-27-21(30(32)33)20-22-28(41-27)14-18-35-26-11-5-4-10-25(26)34(31(22)35)16-7-19-42(38,39)40/h2-5,8-11,20,27-28H,6-7,12-19H2,1H3,(H-,36,37,38,39,40)/p+1. The number of aliphatic carboxylic acids is 1. The molecule has 4 aliphatic heterocycles. The molecule has 3 unspecified atom stereocenters. The zero-order valence-electron chi connectivity index (χ0n) is 23.7. The molecule has 5 heterocycles. The smallest absolute Gasteiger partial charge is 0.303 e. The molecule has 2 N–H and O–H groups in total. The van der Waals surface area contributed by atoms with Crippen LogP contribution >= 0.6 is 0 Å². The van der Waals surface area contributed by atoms with Crippen molar-refractivity contribution < 1.29 is 32.2 Å². The minimum Gasteiger partial charge on any atom is -0.481 e. The van der Waals surface area contributed by atoms with Gasteiger partial charge in [-0.15, -0.1) is 0 Å². The summed E-state index contributed by atoms with van der Waals surface area (Å²) in [4.78, 5) is 13.9. The number of hydrogen-bond acceptors (Lipinski definition) is 5. The Balaban J connectivity index is 1.39. The highest BCUT2D eigenvalue weighted by atomic mass is 32.2. The summed E-state index contributed by atoms with van der Waals surface area (Å²) >= 11 is 0. The average Bonchev–Trinajstić information content (AvgIpc) is 3.41. The lowest BCUT2D eigenvalue weighted by molar-refractivity contribution is -0.679. The van der Waals surface area contributed by atoms with Gasteiger partial charge < -0.3 is 14.7 Å². The fraction of sp³-hybridized carbons (Fsp3) is 0.438. The van der Waals surface area contributed by atoms with Gasteiger partial charge in [-0.25, -0.2) is 9.13 Å². The topological polar surface area (TPSA) is 113 Å². The molecule has 10 heteroatoms. The Labute approximate surface area is 245 Å². The number of hydrogen-bond donors (Lipinski definition) is 2. The highest BCUT2D eigenvalue weighted by molar-refractivity contribution is 7.85. The van der Waals surface area contributed by atoms with E-state index in [0.29, 0.717) is 19.4 Å². The Morgan fingerprint density at radius 1 is 1.10 bits per heavy atom. The molecule has 7 rings (SSSR count). The van der Waals surface area contributed by atoms with Gasteiger partial charge in [0.15, 0.2) is 11.0 Å². The van der Waals surface area contributed by atoms with E-state index in [1.807, 2.05) is 12.1 Å². The second-order valence-electron chi connectivity index (χ2n) is 12.1. The molecule has 4 aliphatic rings. The number of benzene rings is 2. The van der Waals surface area contributed by atoms with E-state index in [4.69, 9.17) is 4.74 Å². The molecule has 0 fully saturated rings. The van der Waals surface area contributed by atoms with Gasteiger partial charge in [0, 0.05) is 48.2 Å². The summed E-state index contributed by atoms with van der Waals surface area (Å²) in [6.07, 6.45) is 5.66. The van der Waals surface area contributed by atoms with E-state index in [1.54, 1.807) is 0 Å². The second-order valence-corrected chi connectivity index (χ2v) is 13.7. The van der Waals surface area contributed by atoms with Crippen LogP contribution in [0, 0.1) is 0 Å². The van der Waals surface area contributed by atoms with Gasteiger partial charge in [-0.1, -0.05) is 30.3 Å². The third kappa shape index (κ3) is 4.39. The fourth-order valence-corrected chi connectivity index (χ4v) is 8.30. The van der Waals surface area contributed by atoms with E-state index >= 15 is 0 Å². The van der Waals surface area contributed by atoms with Crippen LogP contribution in [-0.2, 0) is 38.2 Å². The molecular weight excluding hydrogens is 554 g/mol. The zero-order valence-corrected chi connectivity index (χ0v) is 24.5. The number of anilines is 1. The highest BCUT2D eigenvalue weighted by Crippen LogP contribution is 2.55. The van der Waals surface area contributed by atoms with Crippen molar-refractivity contribution in [1.29, 1.82) is 0 Å². The number of carboxylic acid groups (broad SMARTS) is 1. The molecule has 0 saturated heterocycles. The Morgan fingerprint density at radius 2 is 1.88 bits per heavy atom. The van der Waals surface area contributed by atoms with Crippen molar-refractivity contribution in [3.05, 3.63) is 77.3 Å². The molecular formula is C32H36N3O6S+. The van der Waals surface area contributed by atoms with Gasteiger partial charge in [-0.05, 0) is 56.0 Å². The monoisotopic (exact) mass is 590 g/mol. The zero-order chi connectivity index (χ0) is 29.2. The molecule has 3 atom stereocenters. The lowest BCUT2D eigenvalue weighted by Crippen LogP contribution is -2.49. The molecule has 0 bridgehead atoms. The van der Waals surface area contributed by atoms with E-state index in [0.717, 1.165) is 60.4 Å². The van der Waals surface area contributed by atoms with Crippen LogP contribution < -0.4 is 9.47 Å². The highest BCUT2D eigenvalue weighted by Gasteiger charge is 2.50. The lowest BCUT2D eigenvalue weighted by atomic mass is 9.74. The third-order valence-corrected chi connectivity index (χ3v) is 10.3. The molecule has 0 saturated carbocycles. The molecule has 9 nitrogen and oxygen atoms in total. The van der Waals surface area contributed by atoms with Gasteiger partial charge >= 0.3 is 5.97 Å². The summed E-state index contributed by atoms with van der Waals surface area (Å²) < 4.78 is 43.9. The van der Waals surface area contributed by atoms with Crippen LogP contribution in [0.25, 0.3) is 16.6 Å². The van der Waals surface area contributed by atoms with Crippen LogP contribution in [-0.4, -0.2) is 53.1 Å². The first kappa shape index (κ1) is 27.4. The third-order valence-electron chi connectivity index (χ3n) is 9.50. The number of carbonyl (C=O) groups is 1.